The molecule has 5 nitrogen and oxygen atoms in total. The number of nitriles is 1. The van der Waals surface area contributed by atoms with E-state index in [9.17, 15) is 0 Å². The van der Waals surface area contributed by atoms with Gasteiger partial charge in [-0.15, -0.1) is 0 Å². The third kappa shape index (κ3) is 5.50. The van der Waals surface area contributed by atoms with Crippen molar-refractivity contribution in [2.75, 3.05) is 38.8 Å². The van der Waals surface area contributed by atoms with Crippen molar-refractivity contribution in [3.8, 4) is 6.07 Å². The monoisotopic (exact) mass is 255 g/mol. The van der Waals surface area contributed by atoms with Crippen LogP contribution in [0, 0.1) is 11.3 Å². The van der Waals surface area contributed by atoms with E-state index in [0.717, 1.165) is 0 Å². The van der Waals surface area contributed by atoms with Gasteiger partial charge >= 0.3 is 0 Å². The topological polar surface area (TPSA) is 67.2 Å². The summed E-state index contributed by atoms with van der Waals surface area (Å²) in [7, 11) is 1.63. The van der Waals surface area contributed by atoms with Crippen LogP contribution in [0.2, 0.25) is 5.15 Å². The number of methoxy groups -OCH3 is 1. The summed E-state index contributed by atoms with van der Waals surface area (Å²) in [6.45, 7) is 2.28. The number of ether oxygens (including phenoxy) is 2. The van der Waals surface area contributed by atoms with Crippen molar-refractivity contribution in [3.63, 3.8) is 0 Å². The Kier molecular flexibility index (Phi) is 6.33. The minimum Gasteiger partial charge on any atom is -0.382 e. The number of pyridine rings is 1. The summed E-state index contributed by atoms with van der Waals surface area (Å²) < 4.78 is 10.1. The molecule has 1 aromatic rings. The molecule has 0 fully saturated rings. The molecule has 0 bridgehead atoms. The van der Waals surface area contributed by atoms with Crippen LogP contribution in [0.1, 0.15) is 5.56 Å². The van der Waals surface area contributed by atoms with Crippen LogP contribution < -0.4 is 5.32 Å². The van der Waals surface area contributed by atoms with Crippen LogP contribution in [0.5, 0.6) is 0 Å². The second kappa shape index (κ2) is 7.85. The summed E-state index contributed by atoms with van der Waals surface area (Å²) in [4.78, 5) is 4.04. The van der Waals surface area contributed by atoms with E-state index in [2.05, 4.69) is 10.3 Å². The Balaban J connectivity index is 2.32. The highest BCUT2D eigenvalue weighted by Crippen LogP contribution is 2.13. The van der Waals surface area contributed by atoms with Crippen molar-refractivity contribution < 1.29 is 9.47 Å². The Morgan fingerprint density at radius 2 is 2.24 bits per heavy atom. The Labute approximate surface area is 105 Å². The maximum atomic E-state index is 8.75. The zero-order valence-electron chi connectivity index (χ0n) is 9.57. The number of aromatic nitrogens is 1. The number of halogens is 1. The molecular formula is C11H14ClN3O2. The summed E-state index contributed by atoms with van der Waals surface area (Å²) in [5.74, 6) is 0.574. The van der Waals surface area contributed by atoms with Crippen LogP contribution in [0.15, 0.2) is 12.1 Å². The maximum Gasteiger partial charge on any atom is 0.132 e. The number of hydrogen-bond donors (Lipinski definition) is 1. The first kappa shape index (κ1) is 13.7. The Morgan fingerprint density at radius 1 is 1.41 bits per heavy atom. The molecule has 0 saturated heterocycles. The van der Waals surface area contributed by atoms with E-state index in [0.29, 0.717) is 42.9 Å². The Hall–Kier alpha value is -1.35. The molecule has 0 aliphatic heterocycles. The zero-order valence-corrected chi connectivity index (χ0v) is 10.3. The molecule has 0 spiro atoms. The van der Waals surface area contributed by atoms with Gasteiger partial charge in [0.2, 0.25) is 0 Å². The van der Waals surface area contributed by atoms with Crippen LogP contribution in [0.3, 0.4) is 0 Å². The van der Waals surface area contributed by atoms with Crippen LogP contribution in [-0.4, -0.2) is 38.5 Å². The molecule has 1 aromatic heterocycles. The number of nitrogens with one attached hydrogen (secondary N) is 1. The first-order valence-corrected chi connectivity index (χ1v) is 5.52. The van der Waals surface area contributed by atoms with Crippen LogP contribution >= 0.6 is 11.6 Å². The predicted octanol–water partition coefficient (Wildman–Crippen LogP) is 1.68. The molecule has 0 aromatic carbocycles. The molecule has 6 heteroatoms. The third-order valence-electron chi connectivity index (χ3n) is 1.91. The van der Waals surface area contributed by atoms with Gasteiger partial charge in [0.15, 0.2) is 0 Å². The van der Waals surface area contributed by atoms with Gasteiger partial charge in [-0.1, -0.05) is 11.6 Å². The highest BCUT2D eigenvalue weighted by molar-refractivity contribution is 6.29. The Bertz CT molecular complexity index is 393. The molecule has 1 N–H and O–H groups in total. The van der Waals surface area contributed by atoms with E-state index in [1.807, 2.05) is 6.07 Å². The van der Waals surface area contributed by atoms with Gasteiger partial charge < -0.3 is 14.8 Å². The van der Waals surface area contributed by atoms with Gasteiger partial charge in [0, 0.05) is 13.7 Å². The highest BCUT2D eigenvalue weighted by atomic mass is 35.5. The maximum absolute atomic E-state index is 8.75. The van der Waals surface area contributed by atoms with Crippen molar-refractivity contribution >= 4 is 17.4 Å². The second-order valence-corrected chi connectivity index (χ2v) is 3.59. The first-order valence-electron chi connectivity index (χ1n) is 5.14. The lowest BCUT2D eigenvalue weighted by Gasteiger charge is -2.07. The molecule has 92 valence electrons. The average molecular weight is 256 g/mol. The van der Waals surface area contributed by atoms with Gasteiger partial charge in [-0.05, 0) is 12.1 Å². The van der Waals surface area contributed by atoms with Crippen molar-refractivity contribution in [2.24, 2.45) is 0 Å². The summed E-state index contributed by atoms with van der Waals surface area (Å²) in [5, 5.41) is 12.1. The third-order valence-corrected chi connectivity index (χ3v) is 2.10. The smallest absolute Gasteiger partial charge is 0.132 e. The summed E-state index contributed by atoms with van der Waals surface area (Å²) in [5.41, 5.74) is 0.479. The minimum absolute atomic E-state index is 0.298. The lowest BCUT2D eigenvalue weighted by atomic mass is 10.3. The lowest BCUT2D eigenvalue weighted by Crippen LogP contribution is -2.12. The SMILES string of the molecule is COCCOCCNc1cc(C#N)cc(Cl)n1. The van der Waals surface area contributed by atoms with Crippen molar-refractivity contribution in [2.45, 2.75) is 0 Å². The molecule has 1 rings (SSSR count). The van der Waals surface area contributed by atoms with E-state index in [4.69, 9.17) is 26.3 Å². The first-order chi connectivity index (χ1) is 8.26. The summed E-state index contributed by atoms with van der Waals surface area (Å²) >= 11 is 5.76. The van der Waals surface area contributed by atoms with Gasteiger partial charge in [0.1, 0.15) is 11.0 Å². The molecular weight excluding hydrogens is 242 g/mol. The quantitative estimate of drug-likeness (QED) is 0.593. The van der Waals surface area contributed by atoms with Gasteiger partial charge in [-0.25, -0.2) is 4.98 Å². The number of nitrogens with zero attached hydrogens (tertiary/aromatic N) is 2. The lowest BCUT2D eigenvalue weighted by molar-refractivity contribution is 0.0759. The fourth-order valence-corrected chi connectivity index (χ4v) is 1.36. The molecule has 17 heavy (non-hydrogen) atoms. The van der Waals surface area contributed by atoms with Gasteiger partial charge in [0.05, 0.1) is 31.5 Å². The molecule has 0 aliphatic rings. The molecule has 0 amide bonds. The van der Waals surface area contributed by atoms with E-state index in [1.54, 1.807) is 13.2 Å². The van der Waals surface area contributed by atoms with Crippen molar-refractivity contribution in [1.82, 2.24) is 4.98 Å². The molecule has 0 aliphatic carbocycles. The standard InChI is InChI=1S/C11H14ClN3O2/c1-16-4-5-17-3-2-14-11-7-9(8-13)6-10(12)15-11/h6-7H,2-5H2,1H3,(H,14,15). The number of hydrogen-bond acceptors (Lipinski definition) is 5. The van der Waals surface area contributed by atoms with E-state index < -0.39 is 0 Å². The summed E-state index contributed by atoms with van der Waals surface area (Å²) in [6.07, 6.45) is 0. The normalized spacial score (nSPS) is 9.94. The van der Waals surface area contributed by atoms with Crippen LogP contribution in [-0.2, 0) is 9.47 Å². The zero-order chi connectivity index (χ0) is 12.5. The van der Waals surface area contributed by atoms with Crippen molar-refractivity contribution in [3.05, 3.63) is 22.8 Å². The molecule has 0 unspecified atom stereocenters. The number of rotatable bonds is 7. The van der Waals surface area contributed by atoms with E-state index in [1.165, 1.54) is 6.07 Å². The molecule has 0 atom stereocenters. The van der Waals surface area contributed by atoms with Crippen LogP contribution in [0.4, 0.5) is 5.82 Å². The van der Waals surface area contributed by atoms with E-state index >= 15 is 0 Å². The van der Waals surface area contributed by atoms with E-state index in [-0.39, 0.29) is 0 Å². The summed E-state index contributed by atoms with van der Waals surface area (Å²) in [6, 6.07) is 5.17. The van der Waals surface area contributed by atoms with Gasteiger partial charge in [-0.3, -0.25) is 0 Å². The molecule has 1 heterocycles. The van der Waals surface area contributed by atoms with Crippen LogP contribution in [0.25, 0.3) is 0 Å². The largest absolute Gasteiger partial charge is 0.382 e. The second-order valence-electron chi connectivity index (χ2n) is 3.21. The Morgan fingerprint density at radius 3 is 2.94 bits per heavy atom. The highest BCUT2D eigenvalue weighted by Gasteiger charge is 2.00. The van der Waals surface area contributed by atoms with Crippen molar-refractivity contribution in [1.29, 1.82) is 5.26 Å². The minimum atomic E-state index is 0.298. The molecule has 0 radical (unpaired) electrons. The van der Waals surface area contributed by atoms with Gasteiger partial charge in [0.25, 0.3) is 0 Å². The number of anilines is 1. The predicted molar refractivity (Wildman–Crippen MR) is 65.1 cm³/mol. The van der Waals surface area contributed by atoms with Gasteiger partial charge in [-0.2, -0.15) is 5.26 Å². The fraction of sp³-hybridized carbons (Fsp3) is 0.455. The molecule has 0 saturated carbocycles. The fourth-order valence-electron chi connectivity index (χ4n) is 1.15. The average Bonchev–Trinajstić information content (AvgIpc) is 2.33.